The molecule has 1 amide bonds. The van der Waals surface area contributed by atoms with Crippen LogP contribution in [0.2, 0.25) is 0 Å². The molecule has 2 rings (SSSR count). The lowest BCUT2D eigenvalue weighted by Crippen LogP contribution is -2.37. The third kappa shape index (κ3) is 3.52. The molecule has 114 valence electrons. The Hall–Kier alpha value is -2.08. The van der Waals surface area contributed by atoms with Crippen LogP contribution in [-0.4, -0.2) is 27.8 Å². The highest BCUT2D eigenvalue weighted by molar-refractivity contribution is 5.81. The van der Waals surface area contributed by atoms with Crippen molar-refractivity contribution in [1.82, 2.24) is 14.9 Å². The number of carbonyl (C=O) groups excluding carboxylic acids is 1. The summed E-state index contributed by atoms with van der Waals surface area (Å²) in [6.45, 7) is 5.76. The van der Waals surface area contributed by atoms with Gasteiger partial charge in [0.25, 0.3) is 0 Å². The smallest absolute Gasteiger partial charge is 0.408 e. The Morgan fingerprint density at radius 1 is 1.52 bits per heavy atom. The van der Waals surface area contributed by atoms with Crippen LogP contribution < -0.4 is 11.1 Å². The number of aryl methyl sites for hydroxylation is 1. The first kappa shape index (κ1) is 15.3. The zero-order chi connectivity index (χ0) is 15.6. The average Bonchev–Trinajstić information content (AvgIpc) is 2.72. The first-order valence-corrected chi connectivity index (χ1v) is 6.91. The lowest BCUT2D eigenvalue weighted by Gasteiger charge is -2.22. The van der Waals surface area contributed by atoms with Crippen molar-refractivity contribution >= 4 is 17.1 Å². The molecule has 0 aromatic carbocycles. The standard InChI is InChI=1S/C15H22N4O2/c1-15(2,3)21-14(20)18-12(8-16)11-9-19(4)13-10(11)6-5-7-17-13/h5-7,9,12H,8,16H2,1-4H3,(H,18,20). The first-order valence-electron chi connectivity index (χ1n) is 6.91. The van der Waals surface area contributed by atoms with Gasteiger partial charge in [0.05, 0.1) is 6.04 Å². The molecule has 0 aliphatic carbocycles. The summed E-state index contributed by atoms with van der Waals surface area (Å²) in [5, 5.41) is 3.80. The van der Waals surface area contributed by atoms with Gasteiger partial charge in [-0.3, -0.25) is 0 Å². The molecule has 0 saturated heterocycles. The zero-order valence-electron chi connectivity index (χ0n) is 12.9. The Labute approximate surface area is 124 Å². The summed E-state index contributed by atoms with van der Waals surface area (Å²) >= 11 is 0. The van der Waals surface area contributed by atoms with Crippen LogP contribution in [0, 0.1) is 0 Å². The SMILES string of the molecule is Cn1cc(C(CN)NC(=O)OC(C)(C)C)c2cccnc21. The Bertz CT molecular complexity index is 643. The lowest BCUT2D eigenvalue weighted by atomic mass is 10.1. The Balaban J connectivity index is 2.26. The number of pyridine rings is 1. The number of nitrogens with one attached hydrogen (secondary N) is 1. The highest BCUT2D eigenvalue weighted by Crippen LogP contribution is 2.24. The van der Waals surface area contributed by atoms with Crippen LogP contribution in [-0.2, 0) is 11.8 Å². The van der Waals surface area contributed by atoms with Gasteiger partial charge >= 0.3 is 6.09 Å². The fourth-order valence-electron chi connectivity index (χ4n) is 2.23. The first-order chi connectivity index (χ1) is 9.81. The van der Waals surface area contributed by atoms with Gasteiger partial charge in [0.2, 0.25) is 0 Å². The normalized spacial score (nSPS) is 13.2. The number of aromatic nitrogens is 2. The quantitative estimate of drug-likeness (QED) is 0.907. The minimum absolute atomic E-state index is 0.285. The monoisotopic (exact) mass is 290 g/mol. The van der Waals surface area contributed by atoms with Crippen molar-refractivity contribution in [1.29, 1.82) is 0 Å². The third-order valence-corrected chi connectivity index (χ3v) is 3.07. The summed E-state index contributed by atoms with van der Waals surface area (Å²) < 4.78 is 7.20. The molecule has 2 aromatic heterocycles. The molecule has 2 aromatic rings. The molecule has 0 bridgehead atoms. The van der Waals surface area contributed by atoms with Crippen LogP contribution in [0.5, 0.6) is 0 Å². The molecular formula is C15H22N4O2. The number of nitrogens with zero attached hydrogens (tertiary/aromatic N) is 2. The number of nitrogens with two attached hydrogens (primary N) is 1. The van der Waals surface area contributed by atoms with Gasteiger partial charge < -0.3 is 20.4 Å². The van der Waals surface area contributed by atoms with E-state index in [9.17, 15) is 4.79 Å². The lowest BCUT2D eigenvalue weighted by molar-refractivity contribution is 0.0505. The molecule has 0 fully saturated rings. The fourth-order valence-corrected chi connectivity index (χ4v) is 2.23. The van der Waals surface area contributed by atoms with E-state index in [4.69, 9.17) is 10.5 Å². The van der Waals surface area contributed by atoms with Crippen LogP contribution in [0.1, 0.15) is 32.4 Å². The molecule has 1 unspecified atom stereocenters. The summed E-state index contributed by atoms with van der Waals surface area (Å²) in [6, 6.07) is 3.53. The van der Waals surface area contributed by atoms with Crippen LogP contribution in [0.15, 0.2) is 24.5 Å². The second-order valence-corrected chi connectivity index (χ2v) is 6.00. The number of carbonyl (C=O) groups is 1. The van der Waals surface area contributed by atoms with E-state index >= 15 is 0 Å². The third-order valence-electron chi connectivity index (χ3n) is 3.07. The molecular weight excluding hydrogens is 268 g/mol. The fraction of sp³-hybridized carbons (Fsp3) is 0.467. The second-order valence-electron chi connectivity index (χ2n) is 6.00. The van der Waals surface area contributed by atoms with E-state index in [1.54, 1.807) is 6.20 Å². The van der Waals surface area contributed by atoms with E-state index in [0.29, 0.717) is 0 Å². The van der Waals surface area contributed by atoms with Crippen molar-refractivity contribution in [3.8, 4) is 0 Å². The largest absolute Gasteiger partial charge is 0.444 e. The summed E-state index contributed by atoms with van der Waals surface area (Å²) in [7, 11) is 1.92. The van der Waals surface area contributed by atoms with E-state index in [1.165, 1.54) is 0 Å². The van der Waals surface area contributed by atoms with E-state index < -0.39 is 11.7 Å². The molecule has 0 spiro atoms. The van der Waals surface area contributed by atoms with E-state index in [1.807, 2.05) is 50.7 Å². The average molecular weight is 290 g/mol. The summed E-state index contributed by atoms with van der Waals surface area (Å²) in [5.74, 6) is 0. The van der Waals surface area contributed by atoms with Crippen molar-refractivity contribution in [2.45, 2.75) is 32.4 Å². The minimum Gasteiger partial charge on any atom is -0.444 e. The maximum atomic E-state index is 11.9. The highest BCUT2D eigenvalue weighted by atomic mass is 16.6. The van der Waals surface area contributed by atoms with Crippen LogP contribution in [0.3, 0.4) is 0 Å². The molecule has 0 saturated carbocycles. The summed E-state index contributed by atoms with van der Waals surface area (Å²) in [4.78, 5) is 16.3. The van der Waals surface area contributed by atoms with Crippen molar-refractivity contribution in [2.24, 2.45) is 12.8 Å². The van der Waals surface area contributed by atoms with E-state index in [-0.39, 0.29) is 12.6 Å². The molecule has 1 atom stereocenters. The number of amides is 1. The Kier molecular flexibility index (Phi) is 4.18. The number of fused-ring (bicyclic) bond motifs is 1. The Morgan fingerprint density at radius 2 is 2.24 bits per heavy atom. The topological polar surface area (TPSA) is 82.2 Å². The van der Waals surface area contributed by atoms with Gasteiger partial charge in [0.15, 0.2) is 0 Å². The van der Waals surface area contributed by atoms with Gasteiger partial charge in [-0.05, 0) is 32.9 Å². The maximum Gasteiger partial charge on any atom is 0.408 e. The van der Waals surface area contributed by atoms with Gasteiger partial charge in [-0.25, -0.2) is 9.78 Å². The van der Waals surface area contributed by atoms with Gasteiger partial charge in [-0.2, -0.15) is 0 Å². The molecule has 6 heteroatoms. The van der Waals surface area contributed by atoms with Gasteiger partial charge in [0, 0.05) is 36.9 Å². The highest BCUT2D eigenvalue weighted by Gasteiger charge is 2.22. The number of ether oxygens (including phenoxy) is 1. The Morgan fingerprint density at radius 3 is 2.86 bits per heavy atom. The van der Waals surface area contributed by atoms with Crippen molar-refractivity contribution in [3.05, 3.63) is 30.1 Å². The van der Waals surface area contributed by atoms with Gasteiger partial charge in [0.1, 0.15) is 11.2 Å². The molecule has 0 aliphatic rings. The van der Waals surface area contributed by atoms with Crippen LogP contribution >= 0.6 is 0 Å². The predicted octanol–water partition coefficient (Wildman–Crippen LogP) is 2.10. The van der Waals surface area contributed by atoms with Crippen molar-refractivity contribution in [2.75, 3.05) is 6.54 Å². The van der Waals surface area contributed by atoms with E-state index in [0.717, 1.165) is 16.6 Å². The summed E-state index contributed by atoms with van der Waals surface area (Å²) in [5.41, 5.74) is 7.08. The molecule has 3 N–H and O–H groups in total. The van der Waals surface area contributed by atoms with Crippen LogP contribution in [0.4, 0.5) is 4.79 Å². The van der Waals surface area contributed by atoms with Crippen LogP contribution in [0.25, 0.3) is 11.0 Å². The molecule has 0 radical (unpaired) electrons. The molecule has 2 heterocycles. The second kappa shape index (κ2) is 5.73. The number of rotatable bonds is 3. The molecule has 0 aliphatic heterocycles. The number of alkyl carbamates (subject to hydrolysis) is 1. The van der Waals surface area contributed by atoms with Gasteiger partial charge in [-0.15, -0.1) is 0 Å². The predicted molar refractivity (Wildman–Crippen MR) is 81.9 cm³/mol. The number of hydrogen-bond donors (Lipinski definition) is 2. The number of hydrogen-bond acceptors (Lipinski definition) is 4. The van der Waals surface area contributed by atoms with Gasteiger partial charge in [-0.1, -0.05) is 0 Å². The molecule has 6 nitrogen and oxygen atoms in total. The molecule has 21 heavy (non-hydrogen) atoms. The van der Waals surface area contributed by atoms with Crippen molar-refractivity contribution in [3.63, 3.8) is 0 Å². The summed E-state index contributed by atoms with van der Waals surface area (Å²) in [6.07, 6.45) is 3.20. The van der Waals surface area contributed by atoms with E-state index in [2.05, 4.69) is 10.3 Å². The minimum atomic E-state index is -0.538. The van der Waals surface area contributed by atoms with Crippen molar-refractivity contribution < 1.29 is 9.53 Å². The zero-order valence-corrected chi connectivity index (χ0v) is 12.9. The maximum absolute atomic E-state index is 11.9.